The van der Waals surface area contributed by atoms with E-state index < -0.39 is 5.60 Å². The Labute approximate surface area is 103 Å². The lowest BCUT2D eigenvalue weighted by Gasteiger charge is -2.20. The van der Waals surface area contributed by atoms with Crippen molar-refractivity contribution < 1.29 is 9.53 Å². The molecule has 0 aromatic heterocycles. The number of amides is 1. The fourth-order valence-corrected chi connectivity index (χ4v) is 1.53. The molecule has 0 spiro atoms. The van der Waals surface area contributed by atoms with E-state index in [0.29, 0.717) is 6.54 Å². The van der Waals surface area contributed by atoms with Crippen LogP contribution in [0.5, 0.6) is 0 Å². The molecule has 0 saturated heterocycles. The van der Waals surface area contributed by atoms with Crippen LogP contribution in [0.4, 0.5) is 4.79 Å². The maximum atomic E-state index is 11.5. The summed E-state index contributed by atoms with van der Waals surface area (Å²) in [6.45, 7) is 10.1. The minimum atomic E-state index is -0.452. The SMILES string of the molecule is Cc1ccc(CNC(=O)OC(C)(C)C)c(C)c1. The van der Waals surface area contributed by atoms with Crippen LogP contribution in [-0.2, 0) is 11.3 Å². The molecule has 0 aliphatic rings. The van der Waals surface area contributed by atoms with Gasteiger partial charge in [-0.25, -0.2) is 4.79 Å². The molecule has 1 aromatic carbocycles. The number of carbonyl (C=O) groups excluding carboxylic acids is 1. The van der Waals surface area contributed by atoms with Gasteiger partial charge in [0.2, 0.25) is 0 Å². The zero-order chi connectivity index (χ0) is 13.1. The molecule has 1 amide bonds. The molecule has 0 aliphatic heterocycles. The fraction of sp³-hybridized carbons (Fsp3) is 0.500. The highest BCUT2D eigenvalue weighted by molar-refractivity contribution is 5.67. The zero-order valence-electron chi connectivity index (χ0n) is 11.3. The van der Waals surface area contributed by atoms with Crippen LogP contribution in [0.1, 0.15) is 37.5 Å². The van der Waals surface area contributed by atoms with E-state index in [9.17, 15) is 4.79 Å². The third-order valence-corrected chi connectivity index (χ3v) is 2.32. The summed E-state index contributed by atoms with van der Waals surface area (Å²) >= 11 is 0. The number of alkyl carbamates (subject to hydrolysis) is 1. The van der Waals surface area contributed by atoms with Gasteiger partial charge in [0.1, 0.15) is 5.60 Å². The molecular formula is C14H21NO2. The number of nitrogens with one attached hydrogen (secondary N) is 1. The minimum Gasteiger partial charge on any atom is -0.444 e. The molecule has 0 heterocycles. The number of aryl methyl sites for hydroxylation is 2. The summed E-state index contributed by atoms with van der Waals surface area (Å²) in [6.07, 6.45) is -0.377. The van der Waals surface area contributed by atoms with Crippen molar-refractivity contribution in [1.82, 2.24) is 5.32 Å². The quantitative estimate of drug-likeness (QED) is 0.854. The predicted molar refractivity (Wildman–Crippen MR) is 69.0 cm³/mol. The van der Waals surface area contributed by atoms with Crippen LogP contribution in [0, 0.1) is 13.8 Å². The van der Waals surface area contributed by atoms with E-state index in [4.69, 9.17) is 4.74 Å². The highest BCUT2D eigenvalue weighted by atomic mass is 16.6. The van der Waals surface area contributed by atoms with Gasteiger partial charge in [-0.2, -0.15) is 0 Å². The van der Waals surface area contributed by atoms with Crippen molar-refractivity contribution in [1.29, 1.82) is 0 Å². The maximum absolute atomic E-state index is 11.5. The first-order chi connectivity index (χ1) is 7.78. The van der Waals surface area contributed by atoms with Crippen LogP contribution >= 0.6 is 0 Å². The third-order valence-electron chi connectivity index (χ3n) is 2.32. The van der Waals surface area contributed by atoms with Crippen molar-refractivity contribution >= 4 is 6.09 Å². The summed E-state index contributed by atoms with van der Waals surface area (Å²) in [6, 6.07) is 6.17. The van der Waals surface area contributed by atoms with E-state index in [1.165, 1.54) is 11.1 Å². The van der Waals surface area contributed by atoms with E-state index >= 15 is 0 Å². The van der Waals surface area contributed by atoms with Crippen molar-refractivity contribution in [2.45, 2.75) is 46.8 Å². The van der Waals surface area contributed by atoms with E-state index in [1.54, 1.807) is 0 Å². The van der Waals surface area contributed by atoms with Crippen LogP contribution in [0.25, 0.3) is 0 Å². The third kappa shape index (κ3) is 4.89. The lowest BCUT2D eigenvalue weighted by molar-refractivity contribution is 0.0523. The zero-order valence-corrected chi connectivity index (χ0v) is 11.3. The molecule has 3 nitrogen and oxygen atoms in total. The monoisotopic (exact) mass is 235 g/mol. The predicted octanol–water partition coefficient (Wildman–Crippen LogP) is 3.33. The van der Waals surface area contributed by atoms with Gasteiger partial charge in [-0.1, -0.05) is 23.8 Å². The van der Waals surface area contributed by atoms with E-state index in [2.05, 4.69) is 18.3 Å². The Hall–Kier alpha value is -1.51. The maximum Gasteiger partial charge on any atom is 0.407 e. The average Bonchev–Trinajstić information content (AvgIpc) is 2.13. The Morgan fingerprint density at radius 2 is 1.94 bits per heavy atom. The van der Waals surface area contributed by atoms with Crippen LogP contribution < -0.4 is 5.32 Å². The van der Waals surface area contributed by atoms with Crippen LogP contribution in [0.2, 0.25) is 0 Å². The highest BCUT2D eigenvalue weighted by Crippen LogP contribution is 2.11. The molecular weight excluding hydrogens is 214 g/mol. The summed E-state index contributed by atoms with van der Waals surface area (Å²) in [5.41, 5.74) is 3.07. The Morgan fingerprint density at radius 1 is 1.29 bits per heavy atom. The van der Waals surface area contributed by atoms with E-state index in [-0.39, 0.29) is 6.09 Å². The Kier molecular flexibility index (Phi) is 4.16. The Bertz CT molecular complexity index is 405. The molecule has 0 fully saturated rings. The molecule has 0 atom stereocenters. The van der Waals surface area contributed by atoms with Gasteiger partial charge in [-0.3, -0.25) is 0 Å². The number of carbonyl (C=O) groups is 1. The van der Waals surface area contributed by atoms with E-state index in [1.807, 2.05) is 39.8 Å². The molecule has 0 radical (unpaired) electrons. The van der Waals surface area contributed by atoms with Crippen molar-refractivity contribution in [2.24, 2.45) is 0 Å². The molecule has 0 unspecified atom stereocenters. The van der Waals surface area contributed by atoms with Gasteiger partial charge in [0.25, 0.3) is 0 Å². The summed E-state index contributed by atoms with van der Waals surface area (Å²) < 4.78 is 5.17. The normalized spacial score (nSPS) is 11.1. The molecule has 94 valence electrons. The second-order valence-electron chi connectivity index (χ2n) is 5.29. The lowest BCUT2D eigenvalue weighted by Crippen LogP contribution is -2.32. The van der Waals surface area contributed by atoms with Crippen molar-refractivity contribution in [3.05, 3.63) is 34.9 Å². The van der Waals surface area contributed by atoms with Crippen LogP contribution in [0.15, 0.2) is 18.2 Å². The topological polar surface area (TPSA) is 38.3 Å². The van der Waals surface area contributed by atoms with Gasteiger partial charge >= 0.3 is 6.09 Å². The smallest absolute Gasteiger partial charge is 0.407 e. The molecule has 1 rings (SSSR count). The standard InChI is InChI=1S/C14H21NO2/c1-10-6-7-12(11(2)8-10)9-15-13(16)17-14(3,4)5/h6-8H,9H2,1-5H3,(H,15,16). The molecule has 17 heavy (non-hydrogen) atoms. The van der Waals surface area contributed by atoms with Gasteiger partial charge < -0.3 is 10.1 Å². The highest BCUT2D eigenvalue weighted by Gasteiger charge is 2.15. The second kappa shape index (κ2) is 5.21. The Morgan fingerprint density at radius 3 is 2.47 bits per heavy atom. The molecule has 3 heteroatoms. The summed E-state index contributed by atoms with van der Waals surface area (Å²) in [4.78, 5) is 11.5. The van der Waals surface area contributed by atoms with Crippen LogP contribution in [0.3, 0.4) is 0 Å². The van der Waals surface area contributed by atoms with Gasteiger partial charge in [0.05, 0.1) is 0 Å². The average molecular weight is 235 g/mol. The molecule has 0 bridgehead atoms. The first kappa shape index (κ1) is 13.6. The summed E-state index contributed by atoms with van der Waals surface area (Å²) in [7, 11) is 0. The molecule has 1 aromatic rings. The first-order valence-corrected chi connectivity index (χ1v) is 5.81. The van der Waals surface area contributed by atoms with Crippen molar-refractivity contribution in [3.8, 4) is 0 Å². The van der Waals surface area contributed by atoms with Gasteiger partial charge in [-0.15, -0.1) is 0 Å². The molecule has 0 saturated carbocycles. The molecule has 1 N–H and O–H groups in total. The van der Waals surface area contributed by atoms with Crippen LogP contribution in [-0.4, -0.2) is 11.7 Å². The summed E-state index contributed by atoms with van der Waals surface area (Å²) in [5, 5.41) is 2.75. The van der Waals surface area contributed by atoms with Crippen molar-refractivity contribution in [2.75, 3.05) is 0 Å². The number of rotatable bonds is 2. The first-order valence-electron chi connectivity index (χ1n) is 5.81. The second-order valence-corrected chi connectivity index (χ2v) is 5.29. The largest absolute Gasteiger partial charge is 0.444 e. The summed E-state index contributed by atoms with van der Waals surface area (Å²) in [5.74, 6) is 0. The van der Waals surface area contributed by atoms with E-state index in [0.717, 1.165) is 5.56 Å². The van der Waals surface area contributed by atoms with Gasteiger partial charge in [-0.05, 0) is 45.7 Å². The number of benzene rings is 1. The fourth-order valence-electron chi connectivity index (χ4n) is 1.53. The lowest BCUT2D eigenvalue weighted by atomic mass is 10.1. The Balaban J connectivity index is 2.53. The van der Waals surface area contributed by atoms with Crippen molar-refractivity contribution in [3.63, 3.8) is 0 Å². The van der Waals surface area contributed by atoms with Gasteiger partial charge in [0, 0.05) is 6.54 Å². The minimum absolute atomic E-state index is 0.377. The molecule has 0 aliphatic carbocycles. The number of hydrogen-bond acceptors (Lipinski definition) is 2. The van der Waals surface area contributed by atoms with Gasteiger partial charge in [0.15, 0.2) is 0 Å². The number of ether oxygens (including phenoxy) is 1. The number of hydrogen-bond donors (Lipinski definition) is 1.